The average Bonchev–Trinajstić information content (AvgIpc) is 2.27. The zero-order valence-electron chi connectivity index (χ0n) is 9.32. The summed E-state index contributed by atoms with van der Waals surface area (Å²) in [6.45, 7) is 3.66. The number of hydrogen-bond donors (Lipinski definition) is 0. The van der Waals surface area contributed by atoms with Gasteiger partial charge in [0.1, 0.15) is 0 Å². The van der Waals surface area contributed by atoms with Crippen LogP contribution in [-0.2, 0) is 13.0 Å². The van der Waals surface area contributed by atoms with E-state index < -0.39 is 0 Å². The maximum atomic E-state index is 2.62. The standard InChI is InChI=1S/C13H18N2/c1-14-7-4-8-15-10-12-6-3-2-5-11(12)9-13(14)15/h2-3,5-6,13H,4,7-10H2,1H3. The highest BCUT2D eigenvalue weighted by molar-refractivity contribution is 5.30. The Balaban J connectivity index is 1.92. The Kier molecular flexibility index (Phi) is 2.26. The lowest BCUT2D eigenvalue weighted by Gasteiger charge is -2.45. The highest BCUT2D eigenvalue weighted by atomic mass is 15.4. The SMILES string of the molecule is CN1CCCN2Cc3ccccc3CC12. The summed E-state index contributed by atoms with van der Waals surface area (Å²) in [5.74, 6) is 0. The van der Waals surface area contributed by atoms with Crippen molar-refractivity contribution in [2.45, 2.75) is 25.6 Å². The Hall–Kier alpha value is -0.860. The van der Waals surface area contributed by atoms with Gasteiger partial charge >= 0.3 is 0 Å². The molecule has 1 saturated heterocycles. The molecular formula is C13H18N2. The molecule has 0 radical (unpaired) electrons. The number of benzene rings is 1. The van der Waals surface area contributed by atoms with E-state index in [2.05, 4.69) is 41.1 Å². The van der Waals surface area contributed by atoms with Crippen LogP contribution in [-0.4, -0.2) is 36.1 Å². The van der Waals surface area contributed by atoms with E-state index in [0.717, 1.165) is 6.54 Å². The zero-order chi connectivity index (χ0) is 10.3. The molecule has 0 N–H and O–H groups in total. The first-order chi connectivity index (χ1) is 7.34. The molecule has 0 saturated carbocycles. The number of fused-ring (bicyclic) bond motifs is 2. The number of likely N-dealkylation sites (N-methyl/N-ethyl adjacent to an activating group) is 1. The largest absolute Gasteiger partial charge is 0.291 e. The molecule has 2 heteroatoms. The van der Waals surface area contributed by atoms with Gasteiger partial charge in [-0.3, -0.25) is 9.80 Å². The van der Waals surface area contributed by atoms with Gasteiger partial charge in [-0.05, 0) is 24.6 Å². The fourth-order valence-corrected chi connectivity index (χ4v) is 2.90. The highest BCUT2D eigenvalue weighted by Gasteiger charge is 2.30. The lowest BCUT2D eigenvalue weighted by Crippen LogP contribution is -2.54. The van der Waals surface area contributed by atoms with Gasteiger partial charge in [-0.15, -0.1) is 0 Å². The Bertz CT molecular complexity index is 361. The first kappa shape index (κ1) is 9.37. The van der Waals surface area contributed by atoms with Gasteiger partial charge in [0.2, 0.25) is 0 Å². The van der Waals surface area contributed by atoms with Crippen molar-refractivity contribution in [2.75, 3.05) is 20.1 Å². The minimum absolute atomic E-state index is 0.647. The first-order valence-corrected chi connectivity index (χ1v) is 5.86. The molecule has 0 aliphatic carbocycles. The summed E-state index contributed by atoms with van der Waals surface area (Å²) >= 11 is 0. The van der Waals surface area contributed by atoms with Crippen molar-refractivity contribution in [3.05, 3.63) is 35.4 Å². The summed E-state index contributed by atoms with van der Waals surface area (Å²) in [4.78, 5) is 5.12. The summed E-state index contributed by atoms with van der Waals surface area (Å²) in [7, 11) is 2.25. The maximum Gasteiger partial charge on any atom is 0.0664 e. The lowest BCUT2D eigenvalue weighted by atomic mass is 9.95. The molecule has 2 aliphatic rings. The molecule has 1 unspecified atom stereocenters. The molecule has 2 aliphatic heterocycles. The molecule has 1 aromatic carbocycles. The fourth-order valence-electron chi connectivity index (χ4n) is 2.90. The van der Waals surface area contributed by atoms with Crippen molar-refractivity contribution in [3.8, 4) is 0 Å². The third-order valence-corrected chi connectivity index (χ3v) is 3.78. The molecule has 80 valence electrons. The topological polar surface area (TPSA) is 6.48 Å². The summed E-state index contributed by atoms with van der Waals surface area (Å²) in [5.41, 5.74) is 3.08. The van der Waals surface area contributed by atoms with Crippen molar-refractivity contribution in [3.63, 3.8) is 0 Å². The Morgan fingerprint density at radius 2 is 1.93 bits per heavy atom. The zero-order valence-corrected chi connectivity index (χ0v) is 9.32. The van der Waals surface area contributed by atoms with E-state index in [1.807, 2.05) is 0 Å². The van der Waals surface area contributed by atoms with Crippen LogP contribution in [0.1, 0.15) is 17.5 Å². The smallest absolute Gasteiger partial charge is 0.0664 e. The first-order valence-electron chi connectivity index (χ1n) is 5.86. The van der Waals surface area contributed by atoms with Crippen molar-refractivity contribution in [1.29, 1.82) is 0 Å². The van der Waals surface area contributed by atoms with Crippen LogP contribution in [0.15, 0.2) is 24.3 Å². The van der Waals surface area contributed by atoms with Gasteiger partial charge in [0.05, 0.1) is 6.17 Å². The predicted octanol–water partition coefficient (Wildman–Crippen LogP) is 1.71. The second-order valence-corrected chi connectivity index (χ2v) is 4.76. The van der Waals surface area contributed by atoms with Crippen LogP contribution in [0.4, 0.5) is 0 Å². The van der Waals surface area contributed by atoms with Crippen LogP contribution in [0.2, 0.25) is 0 Å². The van der Waals surface area contributed by atoms with E-state index in [-0.39, 0.29) is 0 Å². The summed E-state index contributed by atoms with van der Waals surface area (Å²) < 4.78 is 0. The highest BCUT2D eigenvalue weighted by Crippen LogP contribution is 2.26. The second-order valence-electron chi connectivity index (χ2n) is 4.76. The Labute approximate surface area is 91.5 Å². The second kappa shape index (κ2) is 3.62. The molecule has 0 bridgehead atoms. The quantitative estimate of drug-likeness (QED) is 0.632. The molecule has 1 fully saturated rings. The predicted molar refractivity (Wildman–Crippen MR) is 61.6 cm³/mol. The average molecular weight is 202 g/mol. The third kappa shape index (κ3) is 1.58. The fraction of sp³-hybridized carbons (Fsp3) is 0.538. The van der Waals surface area contributed by atoms with Gasteiger partial charge in [0, 0.05) is 26.1 Å². The Morgan fingerprint density at radius 1 is 1.13 bits per heavy atom. The van der Waals surface area contributed by atoms with Gasteiger partial charge < -0.3 is 0 Å². The van der Waals surface area contributed by atoms with E-state index in [4.69, 9.17) is 0 Å². The van der Waals surface area contributed by atoms with Gasteiger partial charge in [0.15, 0.2) is 0 Å². The number of hydrogen-bond acceptors (Lipinski definition) is 2. The molecule has 2 nitrogen and oxygen atoms in total. The lowest BCUT2D eigenvalue weighted by molar-refractivity contribution is 0.00820. The monoisotopic (exact) mass is 202 g/mol. The van der Waals surface area contributed by atoms with Crippen LogP contribution in [0.25, 0.3) is 0 Å². The van der Waals surface area contributed by atoms with Crippen molar-refractivity contribution < 1.29 is 0 Å². The molecule has 1 atom stereocenters. The summed E-state index contributed by atoms with van der Waals surface area (Å²) in [5, 5.41) is 0. The van der Waals surface area contributed by atoms with E-state index in [1.54, 1.807) is 5.56 Å². The van der Waals surface area contributed by atoms with Gasteiger partial charge in [-0.2, -0.15) is 0 Å². The molecule has 15 heavy (non-hydrogen) atoms. The molecule has 0 aromatic heterocycles. The van der Waals surface area contributed by atoms with Crippen LogP contribution in [0, 0.1) is 0 Å². The van der Waals surface area contributed by atoms with Crippen molar-refractivity contribution in [2.24, 2.45) is 0 Å². The van der Waals surface area contributed by atoms with Crippen LogP contribution >= 0.6 is 0 Å². The normalized spacial score (nSPS) is 27.1. The molecule has 2 heterocycles. The molecule has 0 spiro atoms. The maximum absolute atomic E-state index is 2.62. The minimum Gasteiger partial charge on any atom is -0.291 e. The molecular weight excluding hydrogens is 184 g/mol. The molecule has 0 amide bonds. The Morgan fingerprint density at radius 3 is 2.80 bits per heavy atom. The van der Waals surface area contributed by atoms with E-state index in [1.165, 1.54) is 31.5 Å². The van der Waals surface area contributed by atoms with E-state index in [9.17, 15) is 0 Å². The van der Waals surface area contributed by atoms with Crippen molar-refractivity contribution in [1.82, 2.24) is 9.80 Å². The third-order valence-electron chi connectivity index (χ3n) is 3.78. The molecule has 1 aromatic rings. The molecule has 3 rings (SSSR count). The van der Waals surface area contributed by atoms with E-state index in [0.29, 0.717) is 6.17 Å². The number of nitrogens with zero attached hydrogens (tertiary/aromatic N) is 2. The van der Waals surface area contributed by atoms with Crippen LogP contribution < -0.4 is 0 Å². The van der Waals surface area contributed by atoms with E-state index >= 15 is 0 Å². The summed E-state index contributed by atoms with van der Waals surface area (Å²) in [6.07, 6.45) is 3.16. The minimum atomic E-state index is 0.647. The number of rotatable bonds is 0. The van der Waals surface area contributed by atoms with Gasteiger partial charge in [-0.1, -0.05) is 24.3 Å². The van der Waals surface area contributed by atoms with Gasteiger partial charge in [-0.25, -0.2) is 0 Å². The van der Waals surface area contributed by atoms with Crippen molar-refractivity contribution >= 4 is 0 Å². The van der Waals surface area contributed by atoms with Crippen LogP contribution in [0.3, 0.4) is 0 Å². The van der Waals surface area contributed by atoms with Crippen LogP contribution in [0.5, 0.6) is 0 Å². The summed E-state index contributed by atoms with van der Waals surface area (Å²) in [6, 6.07) is 8.89. The van der Waals surface area contributed by atoms with Gasteiger partial charge in [0.25, 0.3) is 0 Å².